The number of carbonyl (C=O) groups is 2. The fourth-order valence-electron chi connectivity index (χ4n) is 3.09. The highest BCUT2D eigenvalue weighted by atomic mass is 16.7. The van der Waals surface area contributed by atoms with Gasteiger partial charge in [0.15, 0.2) is 6.29 Å². The molecule has 23 heavy (non-hydrogen) atoms. The van der Waals surface area contributed by atoms with E-state index in [0.717, 1.165) is 19.3 Å². The second-order valence-electron chi connectivity index (χ2n) is 6.32. The van der Waals surface area contributed by atoms with Crippen molar-refractivity contribution >= 4 is 11.9 Å². The maximum atomic E-state index is 11.3. The van der Waals surface area contributed by atoms with Gasteiger partial charge in [0, 0.05) is 31.8 Å². The van der Waals surface area contributed by atoms with Gasteiger partial charge >= 0.3 is 11.9 Å². The van der Waals surface area contributed by atoms with Gasteiger partial charge in [-0.05, 0) is 19.3 Å². The minimum absolute atomic E-state index is 0.00700. The van der Waals surface area contributed by atoms with Crippen LogP contribution < -0.4 is 0 Å². The topological polar surface area (TPSA) is 82.1 Å². The van der Waals surface area contributed by atoms with Crippen LogP contribution in [0.5, 0.6) is 0 Å². The molecular formula is C17H30O6. The van der Waals surface area contributed by atoms with Crippen LogP contribution in [0, 0.1) is 11.8 Å². The predicted octanol–water partition coefficient (Wildman–Crippen LogP) is 2.99. The molecule has 1 N–H and O–H groups in total. The molecule has 0 aromatic heterocycles. The van der Waals surface area contributed by atoms with Crippen molar-refractivity contribution in [1.29, 1.82) is 0 Å². The summed E-state index contributed by atoms with van der Waals surface area (Å²) in [5, 5.41) is 8.60. The molecule has 1 fully saturated rings. The second kappa shape index (κ2) is 9.88. The van der Waals surface area contributed by atoms with Crippen LogP contribution in [-0.2, 0) is 23.8 Å². The molecule has 0 aromatic carbocycles. The fraction of sp³-hybridized carbons (Fsp3) is 0.882. The molecule has 0 aromatic rings. The lowest BCUT2D eigenvalue weighted by atomic mass is 9.84. The largest absolute Gasteiger partial charge is 0.481 e. The number of esters is 1. The van der Waals surface area contributed by atoms with Crippen LogP contribution in [0.3, 0.4) is 0 Å². The summed E-state index contributed by atoms with van der Waals surface area (Å²) in [6, 6.07) is 0. The Bertz CT molecular complexity index is 383. The molecule has 0 amide bonds. The molecule has 1 aliphatic rings. The van der Waals surface area contributed by atoms with Crippen LogP contribution in [0.4, 0.5) is 0 Å². The standard InChI is InChI=1S/C17H30O6/c1-5-14-11(2)16(22-13(4)18)12(3)17(23-14)21-10-8-6-7-9-15(19)20/h11-12,14,16-17H,5-10H2,1-4H3,(H,19,20)/t11-,12?,14?,16?,17+/m0/s1. The lowest BCUT2D eigenvalue weighted by Gasteiger charge is -2.43. The third-order valence-corrected chi connectivity index (χ3v) is 4.38. The normalized spacial score (nSPS) is 30.9. The summed E-state index contributed by atoms with van der Waals surface area (Å²) in [5.41, 5.74) is 0. The number of aliphatic carboxylic acids is 1. The average molecular weight is 330 g/mol. The van der Waals surface area contributed by atoms with E-state index in [2.05, 4.69) is 0 Å². The van der Waals surface area contributed by atoms with Gasteiger partial charge in [0.1, 0.15) is 6.10 Å². The minimum Gasteiger partial charge on any atom is -0.481 e. The monoisotopic (exact) mass is 330 g/mol. The zero-order chi connectivity index (χ0) is 17.4. The van der Waals surface area contributed by atoms with E-state index in [1.807, 2.05) is 20.8 Å². The van der Waals surface area contributed by atoms with E-state index < -0.39 is 5.97 Å². The van der Waals surface area contributed by atoms with Gasteiger partial charge in [-0.25, -0.2) is 0 Å². The number of hydrogen-bond donors (Lipinski definition) is 1. The van der Waals surface area contributed by atoms with E-state index in [9.17, 15) is 9.59 Å². The number of carbonyl (C=O) groups excluding carboxylic acids is 1. The van der Waals surface area contributed by atoms with Gasteiger partial charge < -0.3 is 19.3 Å². The van der Waals surface area contributed by atoms with Gasteiger partial charge in [0.25, 0.3) is 0 Å². The molecule has 0 spiro atoms. The number of unbranched alkanes of at least 4 members (excludes halogenated alkanes) is 2. The van der Waals surface area contributed by atoms with Crippen LogP contribution in [0.1, 0.15) is 59.8 Å². The third-order valence-electron chi connectivity index (χ3n) is 4.38. The molecule has 134 valence electrons. The van der Waals surface area contributed by atoms with Crippen LogP contribution in [0.15, 0.2) is 0 Å². The minimum atomic E-state index is -0.765. The molecule has 0 bridgehead atoms. The molecule has 6 heteroatoms. The van der Waals surface area contributed by atoms with Crippen molar-refractivity contribution in [3.8, 4) is 0 Å². The van der Waals surface area contributed by atoms with Crippen LogP contribution in [-0.4, -0.2) is 42.1 Å². The van der Waals surface area contributed by atoms with Gasteiger partial charge in [0.05, 0.1) is 6.10 Å². The first-order valence-corrected chi connectivity index (χ1v) is 8.52. The number of carboxylic acid groups (broad SMARTS) is 1. The Morgan fingerprint density at radius 1 is 1.13 bits per heavy atom. The zero-order valence-electron chi connectivity index (χ0n) is 14.6. The molecule has 0 radical (unpaired) electrons. The maximum absolute atomic E-state index is 11.3. The molecule has 1 rings (SSSR count). The lowest BCUT2D eigenvalue weighted by Crippen LogP contribution is -2.51. The molecule has 1 aliphatic heterocycles. The van der Waals surface area contributed by atoms with E-state index in [1.54, 1.807) is 0 Å². The highest BCUT2D eigenvalue weighted by molar-refractivity contribution is 5.66. The summed E-state index contributed by atoms with van der Waals surface area (Å²) >= 11 is 0. The van der Waals surface area contributed by atoms with Gasteiger partial charge in [-0.1, -0.05) is 27.2 Å². The Hall–Kier alpha value is -1.14. The summed E-state index contributed by atoms with van der Waals surface area (Å²) < 4.78 is 17.3. The highest BCUT2D eigenvalue weighted by Crippen LogP contribution is 2.34. The summed E-state index contributed by atoms with van der Waals surface area (Å²) in [7, 11) is 0. The van der Waals surface area contributed by atoms with Gasteiger partial charge in [0.2, 0.25) is 0 Å². The van der Waals surface area contributed by atoms with E-state index in [-0.39, 0.29) is 42.7 Å². The van der Waals surface area contributed by atoms with Gasteiger partial charge in [-0.15, -0.1) is 0 Å². The summed E-state index contributed by atoms with van der Waals surface area (Å²) in [5.74, 6) is -0.943. The molecule has 3 unspecified atom stereocenters. The molecular weight excluding hydrogens is 300 g/mol. The van der Waals surface area contributed by atoms with Gasteiger partial charge in [-0.3, -0.25) is 9.59 Å². The number of ether oxygens (including phenoxy) is 3. The highest BCUT2D eigenvalue weighted by Gasteiger charge is 2.43. The summed E-state index contributed by atoms with van der Waals surface area (Å²) in [6.07, 6.45) is 2.71. The van der Waals surface area contributed by atoms with Crippen LogP contribution >= 0.6 is 0 Å². The Balaban J connectivity index is 2.46. The SMILES string of the molecule is CCC1O[C@@H](OCCCCCC(=O)O)C(C)C(OC(C)=O)[C@H]1C. The Morgan fingerprint density at radius 2 is 1.83 bits per heavy atom. The van der Waals surface area contributed by atoms with Crippen molar-refractivity contribution in [3.05, 3.63) is 0 Å². The van der Waals surface area contributed by atoms with Crippen molar-refractivity contribution in [2.24, 2.45) is 11.8 Å². The number of hydrogen-bond acceptors (Lipinski definition) is 5. The number of rotatable bonds is 9. The lowest BCUT2D eigenvalue weighted by molar-refractivity contribution is -0.265. The first kappa shape index (κ1) is 19.9. The molecule has 1 heterocycles. The van der Waals surface area contributed by atoms with Gasteiger partial charge in [-0.2, -0.15) is 0 Å². The van der Waals surface area contributed by atoms with E-state index >= 15 is 0 Å². The third kappa shape index (κ3) is 6.47. The van der Waals surface area contributed by atoms with Crippen LogP contribution in [0.2, 0.25) is 0 Å². The Morgan fingerprint density at radius 3 is 2.39 bits per heavy atom. The van der Waals surface area contributed by atoms with Crippen molar-refractivity contribution in [2.45, 2.75) is 78.3 Å². The Labute approximate surface area is 138 Å². The Kier molecular flexibility index (Phi) is 8.55. The zero-order valence-corrected chi connectivity index (χ0v) is 14.6. The molecule has 0 aliphatic carbocycles. The van der Waals surface area contributed by atoms with E-state index in [4.69, 9.17) is 19.3 Å². The second-order valence-corrected chi connectivity index (χ2v) is 6.32. The van der Waals surface area contributed by atoms with Crippen molar-refractivity contribution in [3.63, 3.8) is 0 Å². The fourth-order valence-corrected chi connectivity index (χ4v) is 3.09. The predicted molar refractivity (Wildman–Crippen MR) is 84.9 cm³/mol. The van der Waals surface area contributed by atoms with Crippen molar-refractivity contribution < 1.29 is 28.9 Å². The molecule has 6 nitrogen and oxygen atoms in total. The van der Waals surface area contributed by atoms with Crippen molar-refractivity contribution in [1.82, 2.24) is 0 Å². The average Bonchev–Trinajstić information content (AvgIpc) is 2.48. The molecule has 1 saturated heterocycles. The van der Waals surface area contributed by atoms with E-state index in [1.165, 1.54) is 6.92 Å². The number of carboxylic acids is 1. The molecule has 0 saturated carbocycles. The quantitative estimate of drug-likeness (QED) is 0.517. The summed E-state index contributed by atoms with van der Waals surface area (Å²) in [6.45, 7) is 8.01. The van der Waals surface area contributed by atoms with E-state index in [0.29, 0.717) is 13.0 Å². The first-order chi connectivity index (χ1) is 10.9. The van der Waals surface area contributed by atoms with Crippen molar-refractivity contribution in [2.75, 3.05) is 6.61 Å². The molecule has 5 atom stereocenters. The smallest absolute Gasteiger partial charge is 0.303 e. The summed E-state index contributed by atoms with van der Waals surface area (Å²) in [4.78, 5) is 21.8. The first-order valence-electron chi connectivity index (χ1n) is 8.52. The van der Waals surface area contributed by atoms with Crippen LogP contribution in [0.25, 0.3) is 0 Å². The maximum Gasteiger partial charge on any atom is 0.303 e.